The minimum absolute atomic E-state index is 0.0523. The maximum atomic E-state index is 12.1. The number of carboxylic acid groups (broad SMARTS) is 1. The first kappa shape index (κ1) is 13.3. The summed E-state index contributed by atoms with van der Waals surface area (Å²) in [6.07, 6.45) is 3.23. The third kappa shape index (κ3) is 3.20. The summed E-state index contributed by atoms with van der Waals surface area (Å²) in [7, 11) is 0. The van der Waals surface area contributed by atoms with Crippen LogP contribution in [0.25, 0.3) is 0 Å². The number of rotatable bonds is 3. The maximum absolute atomic E-state index is 12.1. The number of amides is 1. The monoisotopic (exact) mass is 257 g/mol. The largest absolute Gasteiger partial charge is 0.480 e. The Kier molecular flexibility index (Phi) is 4.54. The first-order chi connectivity index (χ1) is 8.68. The summed E-state index contributed by atoms with van der Waals surface area (Å²) in [6, 6.07) is -0.852. The molecule has 0 aromatic rings. The first-order valence-corrected chi connectivity index (χ1v) is 6.40. The van der Waals surface area contributed by atoms with Gasteiger partial charge in [-0.15, -0.1) is 0 Å². The minimum Gasteiger partial charge on any atom is -0.480 e. The summed E-state index contributed by atoms with van der Waals surface area (Å²) < 4.78 is 10.6. The van der Waals surface area contributed by atoms with Gasteiger partial charge < -0.3 is 19.5 Å². The van der Waals surface area contributed by atoms with Crippen LogP contribution in [0.1, 0.15) is 25.7 Å². The molecule has 0 aromatic heterocycles. The van der Waals surface area contributed by atoms with E-state index in [4.69, 9.17) is 14.6 Å². The van der Waals surface area contributed by atoms with Crippen LogP contribution >= 0.6 is 0 Å². The Morgan fingerprint density at radius 3 is 2.78 bits per heavy atom. The summed E-state index contributed by atoms with van der Waals surface area (Å²) in [5.41, 5.74) is 0. The molecule has 6 heteroatoms. The van der Waals surface area contributed by atoms with Crippen LogP contribution in [0.2, 0.25) is 0 Å². The quantitative estimate of drug-likeness (QED) is 0.784. The molecule has 2 atom stereocenters. The van der Waals surface area contributed by atoms with Crippen LogP contribution in [0.15, 0.2) is 0 Å². The van der Waals surface area contributed by atoms with Gasteiger partial charge >= 0.3 is 5.97 Å². The molecule has 0 aliphatic carbocycles. The Labute approximate surface area is 106 Å². The Balaban J connectivity index is 1.91. The van der Waals surface area contributed by atoms with Gasteiger partial charge in [0.25, 0.3) is 0 Å². The van der Waals surface area contributed by atoms with Crippen LogP contribution < -0.4 is 0 Å². The van der Waals surface area contributed by atoms with E-state index in [0.717, 1.165) is 19.3 Å². The second kappa shape index (κ2) is 6.15. The fourth-order valence-electron chi connectivity index (χ4n) is 2.39. The third-order valence-corrected chi connectivity index (χ3v) is 3.41. The van der Waals surface area contributed by atoms with Crippen molar-refractivity contribution in [3.8, 4) is 0 Å². The predicted molar refractivity (Wildman–Crippen MR) is 62.2 cm³/mol. The molecule has 2 heterocycles. The lowest BCUT2D eigenvalue weighted by Gasteiger charge is -2.34. The van der Waals surface area contributed by atoms with Crippen LogP contribution in [0.4, 0.5) is 0 Å². The highest BCUT2D eigenvalue weighted by atomic mass is 16.5. The SMILES string of the molecule is O=C(O)C1COCCN1C(=O)CC1CCCCO1. The van der Waals surface area contributed by atoms with Gasteiger partial charge in [-0.3, -0.25) is 4.79 Å². The zero-order chi connectivity index (χ0) is 13.0. The second-order valence-corrected chi connectivity index (χ2v) is 4.71. The van der Waals surface area contributed by atoms with Crippen molar-refractivity contribution >= 4 is 11.9 Å². The summed E-state index contributed by atoms with van der Waals surface area (Å²) in [6.45, 7) is 1.53. The summed E-state index contributed by atoms with van der Waals surface area (Å²) in [5.74, 6) is -1.15. The van der Waals surface area contributed by atoms with Crippen LogP contribution in [0.3, 0.4) is 0 Å². The van der Waals surface area contributed by atoms with Crippen LogP contribution in [0.5, 0.6) is 0 Å². The maximum Gasteiger partial charge on any atom is 0.328 e. The van der Waals surface area contributed by atoms with Crippen LogP contribution in [-0.2, 0) is 19.1 Å². The van der Waals surface area contributed by atoms with Gasteiger partial charge in [0.15, 0.2) is 6.04 Å². The van der Waals surface area contributed by atoms with Crippen molar-refractivity contribution in [3.05, 3.63) is 0 Å². The molecule has 1 amide bonds. The highest BCUT2D eigenvalue weighted by Gasteiger charge is 2.33. The second-order valence-electron chi connectivity index (χ2n) is 4.71. The smallest absolute Gasteiger partial charge is 0.328 e. The zero-order valence-corrected chi connectivity index (χ0v) is 10.3. The lowest BCUT2D eigenvalue weighted by Crippen LogP contribution is -2.53. The summed E-state index contributed by atoms with van der Waals surface area (Å²) in [4.78, 5) is 24.6. The molecule has 102 valence electrons. The van der Waals surface area contributed by atoms with Gasteiger partial charge in [-0.25, -0.2) is 4.79 Å². The van der Waals surface area contributed by atoms with E-state index in [1.165, 1.54) is 4.90 Å². The molecule has 2 saturated heterocycles. The number of hydrogen-bond donors (Lipinski definition) is 1. The van der Waals surface area contributed by atoms with E-state index < -0.39 is 12.0 Å². The highest BCUT2D eigenvalue weighted by molar-refractivity contribution is 5.84. The Hall–Kier alpha value is -1.14. The van der Waals surface area contributed by atoms with E-state index >= 15 is 0 Å². The number of ether oxygens (including phenoxy) is 2. The van der Waals surface area contributed by atoms with Gasteiger partial charge in [0.1, 0.15) is 0 Å². The van der Waals surface area contributed by atoms with E-state index in [1.54, 1.807) is 0 Å². The van der Waals surface area contributed by atoms with Gasteiger partial charge in [-0.1, -0.05) is 0 Å². The molecule has 1 N–H and O–H groups in total. The molecule has 6 nitrogen and oxygen atoms in total. The Morgan fingerprint density at radius 1 is 1.28 bits per heavy atom. The molecule has 2 aliphatic heterocycles. The summed E-state index contributed by atoms with van der Waals surface area (Å²) >= 11 is 0. The van der Waals surface area contributed by atoms with Crippen molar-refractivity contribution in [1.82, 2.24) is 4.90 Å². The topological polar surface area (TPSA) is 76.1 Å². The fourth-order valence-corrected chi connectivity index (χ4v) is 2.39. The molecule has 0 aromatic carbocycles. The van der Waals surface area contributed by atoms with Crippen molar-refractivity contribution in [1.29, 1.82) is 0 Å². The first-order valence-electron chi connectivity index (χ1n) is 6.40. The molecule has 0 spiro atoms. The minimum atomic E-state index is -1.01. The van der Waals surface area contributed by atoms with Crippen molar-refractivity contribution in [2.24, 2.45) is 0 Å². The average molecular weight is 257 g/mol. The van der Waals surface area contributed by atoms with Crippen molar-refractivity contribution < 1.29 is 24.2 Å². The average Bonchev–Trinajstić information content (AvgIpc) is 2.40. The van der Waals surface area contributed by atoms with Gasteiger partial charge in [-0.05, 0) is 19.3 Å². The van der Waals surface area contributed by atoms with E-state index in [-0.39, 0.29) is 25.0 Å². The van der Waals surface area contributed by atoms with E-state index in [2.05, 4.69) is 0 Å². The standard InChI is InChI=1S/C12H19NO5/c14-11(7-9-3-1-2-5-18-9)13-4-6-17-8-10(13)12(15)16/h9-10H,1-8H2,(H,15,16). The lowest BCUT2D eigenvalue weighted by molar-refractivity contribution is -0.159. The molecule has 2 aliphatic rings. The van der Waals surface area contributed by atoms with Gasteiger partial charge in [-0.2, -0.15) is 0 Å². The lowest BCUT2D eigenvalue weighted by atomic mass is 10.0. The molecule has 18 heavy (non-hydrogen) atoms. The number of hydrogen-bond acceptors (Lipinski definition) is 4. The van der Waals surface area contributed by atoms with Gasteiger partial charge in [0, 0.05) is 13.2 Å². The van der Waals surface area contributed by atoms with E-state index in [1.807, 2.05) is 0 Å². The molecule has 2 rings (SSSR count). The molecule has 2 unspecified atom stereocenters. The normalized spacial score (nSPS) is 29.0. The number of carbonyl (C=O) groups excluding carboxylic acids is 1. The number of carboxylic acids is 1. The number of morpholine rings is 1. The highest BCUT2D eigenvalue weighted by Crippen LogP contribution is 2.18. The molecular weight excluding hydrogens is 238 g/mol. The number of aliphatic carboxylic acids is 1. The third-order valence-electron chi connectivity index (χ3n) is 3.41. The Bertz CT molecular complexity index is 314. The van der Waals surface area contributed by atoms with E-state index in [0.29, 0.717) is 19.8 Å². The molecule has 0 saturated carbocycles. The number of nitrogens with zero attached hydrogens (tertiary/aromatic N) is 1. The van der Waals surface area contributed by atoms with Crippen LogP contribution in [-0.4, -0.2) is 60.4 Å². The predicted octanol–water partition coefficient (Wildman–Crippen LogP) is 0.258. The van der Waals surface area contributed by atoms with Gasteiger partial charge in [0.2, 0.25) is 5.91 Å². The zero-order valence-electron chi connectivity index (χ0n) is 10.3. The van der Waals surface area contributed by atoms with Crippen LogP contribution in [0, 0.1) is 0 Å². The Morgan fingerprint density at radius 2 is 2.11 bits per heavy atom. The molecular formula is C12H19NO5. The van der Waals surface area contributed by atoms with Crippen molar-refractivity contribution in [2.45, 2.75) is 37.8 Å². The van der Waals surface area contributed by atoms with E-state index in [9.17, 15) is 9.59 Å². The molecule has 2 fully saturated rings. The summed E-state index contributed by atoms with van der Waals surface area (Å²) in [5, 5.41) is 9.06. The molecule has 0 radical (unpaired) electrons. The fraction of sp³-hybridized carbons (Fsp3) is 0.833. The van der Waals surface area contributed by atoms with Gasteiger partial charge in [0.05, 0.1) is 25.7 Å². The van der Waals surface area contributed by atoms with Crippen molar-refractivity contribution in [3.63, 3.8) is 0 Å². The number of carbonyl (C=O) groups is 2. The molecule has 0 bridgehead atoms. The van der Waals surface area contributed by atoms with Crippen molar-refractivity contribution in [2.75, 3.05) is 26.4 Å².